The summed E-state index contributed by atoms with van der Waals surface area (Å²) in [5, 5.41) is 5.47. The van der Waals surface area contributed by atoms with Gasteiger partial charge in [0.1, 0.15) is 18.0 Å². The van der Waals surface area contributed by atoms with E-state index in [1.54, 1.807) is 30.6 Å². The fraction of sp³-hybridized carbons (Fsp3) is 0.188. The maximum atomic E-state index is 13.5. The van der Waals surface area contributed by atoms with Crippen LogP contribution in [0.5, 0.6) is 0 Å². The molecule has 5 rings (SSSR count). The molecule has 1 aromatic heterocycles. The zero-order chi connectivity index (χ0) is 28.4. The first-order chi connectivity index (χ1) is 20.1. The molecule has 2 N–H and O–H groups in total. The van der Waals surface area contributed by atoms with Crippen LogP contribution in [0.3, 0.4) is 0 Å². The molecule has 3 aromatic carbocycles. The summed E-state index contributed by atoms with van der Waals surface area (Å²) in [7, 11) is 0. The van der Waals surface area contributed by atoms with E-state index in [1.807, 2.05) is 78.9 Å². The van der Waals surface area contributed by atoms with Gasteiger partial charge in [-0.25, -0.2) is 4.79 Å². The molecule has 1 aliphatic heterocycles. The molecular formula is C32H30N4O4S. The third-order valence-electron chi connectivity index (χ3n) is 6.60. The molecule has 0 saturated carbocycles. The quantitative estimate of drug-likeness (QED) is 0.284. The molecule has 0 bridgehead atoms. The minimum atomic E-state index is -0.751. The van der Waals surface area contributed by atoms with E-state index in [0.717, 1.165) is 22.3 Å². The first-order valence-corrected chi connectivity index (χ1v) is 14.3. The van der Waals surface area contributed by atoms with E-state index in [-0.39, 0.29) is 24.8 Å². The van der Waals surface area contributed by atoms with Crippen molar-refractivity contribution in [3.8, 4) is 0 Å². The van der Waals surface area contributed by atoms with Crippen molar-refractivity contribution in [3.05, 3.63) is 132 Å². The normalized spacial score (nSPS) is 16.1. The van der Waals surface area contributed by atoms with Gasteiger partial charge in [-0.05, 0) is 46.5 Å². The van der Waals surface area contributed by atoms with E-state index in [0.29, 0.717) is 18.0 Å². The van der Waals surface area contributed by atoms with Crippen LogP contribution in [-0.2, 0) is 33.9 Å². The molecule has 3 amide bonds. The zero-order valence-corrected chi connectivity index (χ0v) is 23.1. The number of carbonyl (C=O) groups excluding carboxylic acids is 3. The number of carbonyl (C=O) groups is 3. The molecule has 9 heteroatoms. The maximum Gasteiger partial charge on any atom is 0.412 e. The van der Waals surface area contributed by atoms with Gasteiger partial charge in [-0.3, -0.25) is 19.5 Å². The third-order valence-corrected chi connectivity index (χ3v) is 7.93. The van der Waals surface area contributed by atoms with Crippen LogP contribution < -0.4 is 10.6 Å². The number of nitrogens with one attached hydrogen (secondary N) is 2. The molecule has 0 spiro atoms. The zero-order valence-electron chi connectivity index (χ0n) is 22.3. The lowest BCUT2D eigenvalue weighted by Gasteiger charge is -2.28. The minimum absolute atomic E-state index is 0.104. The molecule has 41 heavy (non-hydrogen) atoms. The molecule has 2 atom stereocenters. The number of hydrogen-bond acceptors (Lipinski definition) is 6. The number of rotatable bonds is 9. The highest BCUT2D eigenvalue weighted by atomic mass is 32.2. The van der Waals surface area contributed by atoms with Gasteiger partial charge in [0.05, 0.1) is 6.42 Å². The SMILES string of the molecule is O=C(Cc1cccc(NC(=O)C2CSC(c3ccncc3)N2C(=O)OCc2ccccc2)c1)NCc1ccccc1. The summed E-state index contributed by atoms with van der Waals surface area (Å²) in [5.41, 5.74) is 4.06. The van der Waals surface area contributed by atoms with Crippen molar-refractivity contribution in [3.63, 3.8) is 0 Å². The highest BCUT2D eigenvalue weighted by Crippen LogP contribution is 2.42. The second-order valence-electron chi connectivity index (χ2n) is 9.56. The first-order valence-electron chi connectivity index (χ1n) is 13.3. The number of aromatic nitrogens is 1. The monoisotopic (exact) mass is 566 g/mol. The van der Waals surface area contributed by atoms with Crippen molar-refractivity contribution in [2.75, 3.05) is 11.1 Å². The Morgan fingerprint density at radius 1 is 0.854 bits per heavy atom. The van der Waals surface area contributed by atoms with E-state index in [1.165, 1.54) is 16.7 Å². The summed E-state index contributed by atoms with van der Waals surface area (Å²) in [5.74, 6) is -0.0330. The molecule has 8 nitrogen and oxygen atoms in total. The number of nitrogens with zero attached hydrogens (tertiary/aromatic N) is 2. The number of benzene rings is 3. The van der Waals surface area contributed by atoms with Crippen molar-refractivity contribution < 1.29 is 19.1 Å². The van der Waals surface area contributed by atoms with Crippen LogP contribution >= 0.6 is 11.8 Å². The van der Waals surface area contributed by atoms with Gasteiger partial charge in [-0.1, -0.05) is 72.8 Å². The van der Waals surface area contributed by atoms with Crippen LogP contribution in [0, 0.1) is 0 Å². The van der Waals surface area contributed by atoms with Gasteiger partial charge >= 0.3 is 6.09 Å². The fourth-order valence-corrected chi connectivity index (χ4v) is 5.96. The van der Waals surface area contributed by atoms with Gasteiger partial charge in [-0.15, -0.1) is 11.8 Å². The fourth-order valence-electron chi connectivity index (χ4n) is 4.54. The summed E-state index contributed by atoms with van der Waals surface area (Å²) in [6.45, 7) is 0.553. The van der Waals surface area contributed by atoms with Gasteiger partial charge < -0.3 is 15.4 Å². The molecule has 1 fully saturated rings. The Hall–Kier alpha value is -4.63. The van der Waals surface area contributed by atoms with E-state index < -0.39 is 17.5 Å². The molecule has 4 aromatic rings. The lowest BCUT2D eigenvalue weighted by Crippen LogP contribution is -2.45. The van der Waals surface area contributed by atoms with Gasteiger partial charge in [0.15, 0.2) is 0 Å². The Bertz CT molecular complexity index is 1470. The highest BCUT2D eigenvalue weighted by Gasteiger charge is 2.43. The highest BCUT2D eigenvalue weighted by molar-refractivity contribution is 7.99. The number of anilines is 1. The maximum absolute atomic E-state index is 13.5. The van der Waals surface area contributed by atoms with Crippen LogP contribution in [0.2, 0.25) is 0 Å². The Labute approximate surface area is 243 Å². The summed E-state index contributed by atoms with van der Waals surface area (Å²) < 4.78 is 5.65. The molecule has 0 aliphatic carbocycles. The van der Waals surface area contributed by atoms with E-state index in [2.05, 4.69) is 15.6 Å². The molecular weight excluding hydrogens is 536 g/mol. The third kappa shape index (κ3) is 7.52. The molecule has 208 valence electrons. The lowest BCUT2D eigenvalue weighted by atomic mass is 10.1. The Kier molecular flexibility index (Phi) is 9.28. The van der Waals surface area contributed by atoms with E-state index in [4.69, 9.17) is 4.74 Å². The average Bonchev–Trinajstić information content (AvgIpc) is 3.46. The van der Waals surface area contributed by atoms with Crippen LogP contribution in [0.1, 0.15) is 27.6 Å². The Morgan fingerprint density at radius 2 is 1.54 bits per heavy atom. The largest absolute Gasteiger partial charge is 0.444 e. The summed E-state index contributed by atoms with van der Waals surface area (Å²) in [6.07, 6.45) is 2.94. The summed E-state index contributed by atoms with van der Waals surface area (Å²) in [4.78, 5) is 45.0. The number of pyridine rings is 1. The molecule has 2 heterocycles. The van der Waals surface area contributed by atoms with E-state index in [9.17, 15) is 14.4 Å². The van der Waals surface area contributed by atoms with Crippen LogP contribution in [-0.4, -0.2) is 39.6 Å². The molecule has 0 radical (unpaired) electrons. The predicted octanol–water partition coefficient (Wildman–Crippen LogP) is 5.33. The topological polar surface area (TPSA) is 101 Å². The lowest BCUT2D eigenvalue weighted by molar-refractivity contribution is -0.121. The number of thioether (sulfide) groups is 1. The van der Waals surface area contributed by atoms with Crippen molar-refractivity contribution in [2.24, 2.45) is 0 Å². The van der Waals surface area contributed by atoms with Crippen molar-refractivity contribution >= 4 is 35.4 Å². The standard InChI is InChI=1S/C32H30N4O4S/c37-29(34-20-23-8-3-1-4-9-23)19-25-12-7-13-27(18-25)35-30(38)28-22-41-31(26-14-16-33-17-15-26)36(28)32(39)40-21-24-10-5-2-6-11-24/h1-18,28,31H,19-22H2,(H,34,37)(H,35,38). The van der Waals surface area contributed by atoms with E-state index >= 15 is 0 Å². The van der Waals surface area contributed by atoms with Crippen LogP contribution in [0.25, 0.3) is 0 Å². The first kappa shape index (κ1) is 27.9. The van der Waals surface area contributed by atoms with Gasteiger partial charge in [0.2, 0.25) is 11.8 Å². The smallest absolute Gasteiger partial charge is 0.412 e. The number of amides is 3. The molecule has 1 saturated heterocycles. The van der Waals surface area contributed by atoms with Gasteiger partial charge in [0, 0.05) is 30.4 Å². The summed E-state index contributed by atoms with van der Waals surface area (Å²) >= 11 is 1.50. The van der Waals surface area contributed by atoms with Crippen molar-refractivity contribution in [2.45, 2.75) is 31.0 Å². The van der Waals surface area contributed by atoms with Gasteiger partial charge in [-0.2, -0.15) is 0 Å². The number of hydrogen-bond donors (Lipinski definition) is 2. The van der Waals surface area contributed by atoms with Gasteiger partial charge in [0.25, 0.3) is 0 Å². The van der Waals surface area contributed by atoms with Crippen LogP contribution in [0.15, 0.2) is 109 Å². The Morgan fingerprint density at radius 3 is 2.27 bits per heavy atom. The molecule has 2 unspecified atom stereocenters. The second-order valence-corrected chi connectivity index (χ2v) is 10.7. The van der Waals surface area contributed by atoms with Crippen molar-refractivity contribution in [1.29, 1.82) is 0 Å². The summed E-state index contributed by atoms with van der Waals surface area (Å²) in [6, 6.07) is 29.2. The second kappa shape index (κ2) is 13.6. The molecule has 1 aliphatic rings. The van der Waals surface area contributed by atoms with Crippen LogP contribution in [0.4, 0.5) is 10.5 Å². The minimum Gasteiger partial charge on any atom is -0.444 e. The average molecular weight is 567 g/mol. The number of ether oxygens (including phenoxy) is 1. The Balaban J connectivity index is 1.25. The predicted molar refractivity (Wildman–Crippen MR) is 159 cm³/mol. The van der Waals surface area contributed by atoms with Crippen molar-refractivity contribution in [1.82, 2.24) is 15.2 Å².